The summed E-state index contributed by atoms with van der Waals surface area (Å²) in [7, 11) is -2.26. The number of carbonyl (C=O) groups is 2. The van der Waals surface area contributed by atoms with E-state index in [4.69, 9.17) is 9.47 Å². The monoisotopic (exact) mass is 463 g/mol. The zero-order valence-corrected chi connectivity index (χ0v) is 19.4. The summed E-state index contributed by atoms with van der Waals surface area (Å²) in [5.41, 5.74) is 0.861. The highest BCUT2D eigenvalue weighted by Crippen LogP contribution is 2.25. The van der Waals surface area contributed by atoms with Crippen molar-refractivity contribution < 1.29 is 27.5 Å². The topological polar surface area (TPSA) is 114 Å². The average Bonchev–Trinajstić information content (AvgIpc) is 2.74. The molecule has 2 aromatic carbocycles. The Balaban J connectivity index is 2.25. The molecule has 0 saturated heterocycles. The molecule has 2 aromatic rings. The van der Waals surface area contributed by atoms with Gasteiger partial charge in [0.15, 0.2) is 0 Å². The summed E-state index contributed by atoms with van der Waals surface area (Å²) in [6, 6.07) is 11.9. The van der Waals surface area contributed by atoms with Gasteiger partial charge < -0.3 is 20.1 Å². The first-order valence-corrected chi connectivity index (χ1v) is 11.9. The maximum absolute atomic E-state index is 13.0. The molecule has 174 valence electrons. The van der Waals surface area contributed by atoms with Crippen LogP contribution < -0.4 is 19.7 Å². The molecule has 0 saturated carbocycles. The zero-order valence-electron chi connectivity index (χ0n) is 18.6. The first kappa shape index (κ1) is 25.2. The van der Waals surface area contributed by atoms with Gasteiger partial charge in [0.25, 0.3) is 5.91 Å². The van der Waals surface area contributed by atoms with Gasteiger partial charge in [-0.05, 0) is 50.2 Å². The molecule has 0 spiro atoms. The van der Waals surface area contributed by atoms with Crippen LogP contribution in [0.2, 0.25) is 0 Å². The predicted octanol–water partition coefficient (Wildman–Crippen LogP) is 2.25. The maximum atomic E-state index is 13.0. The van der Waals surface area contributed by atoms with E-state index in [9.17, 15) is 18.0 Å². The van der Waals surface area contributed by atoms with Crippen molar-refractivity contribution in [2.24, 2.45) is 0 Å². The van der Waals surface area contributed by atoms with E-state index in [1.54, 1.807) is 48.5 Å². The van der Waals surface area contributed by atoms with Crippen molar-refractivity contribution in [2.75, 3.05) is 42.7 Å². The summed E-state index contributed by atoms with van der Waals surface area (Å²) in [5.74, 6) is -0.367. The van der Waals surface area contributed by atoms with Gasteiger partial charge >= 0.3 is 0 Å². The van der Waals surface area contributed by atoms with E-state index in [1.165, 1.54) is 14.0 Å². The number of hydrogen-bond acceptors (Lipinski definition) is 6. The summed E-state index contributed by atoms with van der Waals surface area (Å²) in [6.07, 6.45) is 1.03. The van der Waals surface area contributed by atoms with Gasteiger partial charge in [0.2, 0.25) is 15.9 Å². The summed E-state index contributed by atoms with van der Waals surface area (Å²) in [5, 5.41) is 5.37. The van der Waals surface area contributed by atoms with Crippen LogP contribution in [0.4, 0.5) is 11.4 Å². The lowest BCUT2D eigenvalue weighted by molar-refractivity contribution is -0.116. The molecular weight excluding hydrogens is 434 g/mol. The fraction of sp³-hybridized carbons (Fsp3) is 0.364. The Labute approximate surface area is 188 Å². The summed E-state index contributed by atoms with van der Waals surface area (Å²) in [6.45, 7) is 4.47. The molecule has 0 aliphatic rings. The molecule has 0 aliphatic carbocycles. The first-order chi connectivity index (χ1) is 15.2. The SMILES string of the molecule is CCOc1ccc(N(C(C)C(=O)Nc2ccccc2C(=O)NCCOC)S(C)(=O)=O)cc1. The van der Waals surface area contributed by atoms with E-state index >= 15 is 0 Å². The molecule has 1 atom stereocenters. The molecule has 2 N–H and O–H groups in total. The van der Waals surface area contributed by atoms with Gasteiger partial charge in [-0.1, -0.05) is 12.1 Å². The van der Waals surface area contributed by atoms with E-state index < -0.39 is 22.0 Å². The number of anilines is 2. The van der Waals surface area contributed by atoms with Crippen LogP contribution in [0.15, 0.2) is 48.5 Å². The van der Waals surface area contributed by atoms with Gasteiger partial charge in [-0.2, -0.15) is 0 Å². The molecule has 10 heteroatoms. The Bertz CT molecular complexity index is 1020. The molecule has 32 heavy (non-hydrogen) atoms. The second-order valence-corrected chi connectivity index (χ2v) is 8.80. The van der Waals surface area contributed by atoms with Crippen molar-refractivity contribution in [1.29, 1.82) is 0 Å². The largest absolute Gasteiger partial charge is 0.494 e. The molecule has 2 rings (SSSR count). The van der Waals surface area contributed by atoms with E-state index in [0.29, 0.717) is 31.2 Å². The highest BCUT2D eigenvalue weighted by Gasteiger charge is 2.29. The minimum Gasteiger partial charge on any atom is -0.494 e. The lowest BCUT2D eigenvalue weighted by Gasteiger charge is -2.28. The Morgan fingerprint density at radius 3 is 2.34 bits per heavy atom. The minimum absolute atomic E-state index is 0.260. The van der Waals surface area contributed by atoms with Crippen molar-refractivity contribution in [3.05, 3.63) is 54.1 Å². The molecule has 0 bridgehead atoms. The van der Waals surface area contributed by atoms with Gasteiger partial charge in [-0.15, -0.1) is 0 Å². The van der Waals surface area contributed by atoms with Crippen LogP contribution in [0.5, 0.6) is 5.75 Å². The van der Waals surface area contributed by atoms with E-state index in [1.807, 2.05) is 6.92 Å². The van der Waals surface area contributed by atoms with E-state index in [0.717, 1.165) is 10.6 Å². The lowest BCUT2D eigenvalue weighted by Crippen LogP contribution is -2.45. The number of carbonyl (C=O) groups excluding carboxylic acids is 2. The van der Waals surface area contributed by atoms with E-state index in [-0.39, 0.29) is 17.2 Å². The number of nitrogens with zero attached hydrogens (tertiary/aromatic N) is 1. The van der Waals surface area contributed by atoms with Crippen LogP contribution >= 0.6 is 0 Å². The Morgan fingerprint density at radius 2 is 1.75 bits per heavy atom. The number of methoxy groups -OCH3 is 1. The number of para-hydroxylation sites is 1. The average molecular weight is 464 g/mol. The number of amides is 2. The Morgan fingerprint density at radius 1 is 1.09 bits per heavy atom. The highest BCUT2D eigenvalue weighted by atomic mass is 32.2. The van der Waals surface area contributed by atoms with Crippen molar-refractivity contribution >= 4 is 33.2 Å². The molecule has 0 radical (unpaired) electrons. The molecule has 0 aromatic heterocycles. The Kier molecular flexibility index (Phi) is 9.03. The quantitative estimate of drug-likeness (QED) is 0.494. The van der Waals surface area contributed by atoms with Crippen LogP contribution in [0.25, 0.3) is 0 Å². The molecule has 0 heterocycles. The minimum atomic E-state index is -3.78. The van der Waals surface area contributed by atoms with Crippen molar-refractivity contribution in [2.45, 2.75) is 19.9 Å². The van der Waals surface area contributed by atoms with Crippen LogP contribution in [0, 0.1) is 0 Å². The van der Waals surface area contributed by atoms with Crippen LogP contribution in [0.1, 0.15) is 24.2 Å². The molecule has 0 aliphatic heterocycles. The Hall–Kier alpha value is -3.11. The zero-order chi connectivity index (χ0) is 23.7. The van der Waals surface area contributed by atoms with Crippen LogP contribution in [0.3, 0.4) is 0 Å². The second-order valence-electron chi connectivity index (χ2n) is 6.95. The fourth-order valence-corrected chi connectivity index (χ4v) is 4.23. The molecule has 1 unspecified atom stereocenters. The summed E-state index contributed by atoms with van der Waals surface area (Å²) in [4.78, 5) is 25.4. The number of benzene rings is 2. The summed E-state index contributed by atoms with van der Waals surface area (Å²) >= 11 is 0. The first-order valence-electron chi connectivity index (χ1n) is 10.1. The van der Waals surface area contributed by atoms with Gasteiger partial charge in [0.1, 0.15) is 11.8 Å². The fourth-order valence-electron chi connectivity index (χ4n) is 3.05. The van der Waals surface area contributed by atoms with Crippen LogP contribution in [-0.2, 0) is 19.6 Å². The number of sulfonamides is 1. The number of rotatable bonds is 11. The lowest BCUT2D eigenvalue weighted by atomic mass is 10.1. The van der Waals surface area contributed by atoms with Crippen molar-refractivity contribution in [3.8, 4) is 5.75 Å². The standard InChI is InChI=1S/C22H29N3O6S/c1-5-31-18-12-10-17(11-13-18)25(32(4,28)29)16(2)21(26)24-20-9-7-6-8-19(20)22(27)23-14-15-30-3/h6-13,16H,5,14-15H2,1-4H3,(H,23,27)(H,24,26). The number of ether oxygens (including phenoxy) is 2. The maximum Gasteiger partial charge on any atom is 0.253 e. The predicted molar refractivity (Wildman–Crippen MR) is 124 cm³/mol. The summed E-state index contributed by atoms with van der Waals surface area (Å²) < 4.78 is 36.3. The van der Waals surface area contributed by atoms with Gasteiger partial charge in [0, 0.05) is 13.7 Å². The molecular formula is C22H29N3O6S. The highest BCUT2D eigenvalue weighted by molar-refractivity contribution is 7.92. The number of nitrogens with one attached hydrogen (secondary N) is 2. The molecule has 9 nitrogen and oxygen atoms in total. The second kappa shape index (κ2) is 11.5. The van der Waals surface area contributed by atoms with Crippen molar-refractivity contribution in [1.82, 2.24) is 5.32 Å². The normalized spacial score (nSPS) is 12.0. The third-order valence-electron chi connectivity index (χ3n) is 4.51. The molecule has 0 fully saturated rings. The van der Waals surface area contributed by atoms with Gasteiger partial charge in [0.05, 0.1) is 36.4 Å². The third-order valence-corrected chi connectivity index (χ3v) is 5.75. The third kappa shape index (κ3) is 6.69. The van der Waals surface area contributed by atoms with Crippen molar-refractivity contribution in [3.63, 3.8) is 0 Å². The van der Waals surface area contributed by atoms with E-state index in [2.05, 4.69) is 10.6 Å². The number of hydrogen-bond donors (Lipinski definition) is 2. The van der Waals surface area contributed by atoms with Crippen LogP contribution in [-0.4, -0.2) is 59.4 Å². The smallest absolute Gasteiger partial charge is 0.253 e. The van der Waals surface area contributed by atoms with Gasteiger partial charge in [-0.3, -0.25) is 13.9 Å². The molecule has 2 amide bonds. The van der Waals surface area contributed by atoms with Gasteiger partial charge in [-0.25, -0.2) is 8.42 Å².